The summed E-state index contributed by atoms with van der Waals surface area (Å²) in [7, 11) is 3.45. The number of methoxy groups -OCH3 is 1. The van der Waals surface area contributed by atoms with E-state index in [0.717, 1.165) is 28.1 Å². The molecule has 1 aliphatic heterocycles. The summed E-state index contributed by atoms with van der Waals surface area (Å²) in [6.45, 7) is 2.31. The molecule has 0 saturated heterocycles. The van der Waals surface area contributed by atoms with Crippen LogP contribution in [-0.2, 0) is 16.0 Å². The topological polar surface area (TPSA) is 49.9 Å². The van der Waals surface area contributed by atoms with E-state index < -0.39 is 0 Å². The van der Waals surface area contributed by atoms with E-state index in [1.165, 1.54) is 4.90 Å². The number of hydrogen-bond donors (Lipinski definition) is 0. The van der Waals surface area contributed by atoms with Gasteiger partial charge in [0.15, 0.2) is 0 Å². The van der Waals surface area contributed by atoms with Crippen molar-refractivity contribution < 1.29 is 14.3 Å². The molecule has 0 bridgehead atoms. The van der Waals surface area contributed by atoms with Gasteiger partial charge in [0.1, 0.15) is 11.4 Å². The van der Waals surface area contributed by atoms with Crippen LogP contribution in [0.1, 0.15) is 16.7 Å². The molecule has 1 aliphatic rings. The van der Waals surface area contributed by atoms with E-state index in [-0.39, 0.29) is 11.8 Å². The molecule has 162 valence electrons. The number of carbonyl (C=O) groups is 2. The first-order chi connectivity index (χ1) is 15.5. The van der Waals surface area contributed by atoms with Gasteiger partial charge in [0.25, 0.3) is 11.8 Å². The van der Waals surface area contributed by atoms with Gasteiger partial charge in [-0.15, -0.1) is 0 Å². The molecule has 0 spiro atoms. The number of ether oxygens (including phenoxy) is 1. The average molecular weight is 427 g/mol. The SMILES string of the molecule is COc1ccc(CCN2C(=O)C(c3ccc(C)cc3)=C(N(C)c3ccccc3)C2=O)cc1. The number of benzene rings is 3. The van der Waals surface area contributed by atoms with Gasteiger partial charge in [-0.25, -0.2) is 0 Å². The van der Waals surface area contributed by atoms with Gasteiger partial charge < -0.3 is 9.64 Å². The van der Waals surface area contributed by atoms with Crippen molar-refractivity contribution in [3.05, 3.63) is 101 Å². The van der Waals surface area contributed by atoms with Gasteiger partial charge in [-0.3, -0.25) is 14.5 Å². The van der Waals surface area contributed by atoms with E-state index in [4.69, 9.17) is 4.74 Å². The van der Waals surface area contributed by atoms with Crippen molar-refractivity contribution in [1.82, 2.24) is 4.90 Å². The van der Waals surface area contributed by atoms with Gasteiger partial charge in [-0.2, -0.15) is 0 Å². The minimum atomic E-state index is -0.273. The normalized spacial score (nSPS) is 13.7. The molecule has 0 saturated carbocycles. The van der Waals surface area contributed by atoms with Crippen molar-refractivity contribution in [1.29, 1.82) is 0 Å². The summed E-state index contributed by atoms with van der Waals surface area (Å²) in [6.07, 6.45) is 0.574. The Bertz CT molecular complexity index is 1150. The number of amides is 2. The lowest BCUT2D eigenvalue weighted by Gasteiger charge is -2.21. The number of aryl methyl sites for hydroxylation is 1. The van der Waals surface area contributed by atoms with Crippen LogP contribution in [0.15, 0.2) is 84.6 Å². The van der Waals surface area contributed by atoms with Crippen molar-refractivity contribution in [2.24, 2.45) is 0 Å². The zero-order valence-electron chi connectivity index (χ0n) is 18.5. The Hall–Kier alpha value is -3.86. The molecule has 0 aromatic heterocycles. The first kappa shape index (κ1) is 21.4. The van der Waals surface area contributed by atoms with E-state index >= 15 is 0 Å². The Morgan fingerprint density at radius 1 is 0.844 bits per heavy atom. The number of nitrogens with zero attached hydrogens (tertiary/aromatic N) is 2. The lowest BCUT2D eigenvalue weighted by molar-refractivity contribution is -0.136. The Balaban J connectivity index is 1.66. The maximum Gasteiger partial charge on any atom is 0.278 e. The predicted molar refractivity (Wildman–Crippen MR) is 126 cm³/mol. The van der Waals surface area contributed by atoms with Crippen LogP contribution in [0, 0.1) is 6.92 Å². The Labute approximate surface area is 188 Å². The predicted octanol–water partition coefficient (Wildman–Crippen LogP) is 4.46. The summed E-state index contributed by atoms with van der Waals surface area (Å²) in [4.78, 5) is 30.1. The number of anilines is 1. The molecule has 5 heteroatoms. The lowest BCUT2D eigenvalue weighted by atomic mass is 10.0. The number of likely N-dealkylation sites (N-methyl/N-ethyl adjacent to an activating group) is 1. The average Bonchev–Trinajstić information content (AvgIpc) is 3.08. The van der Waals surface area contributed by atoms with Gasteiger partial charge in [-0.05, 0) is 48.7 Å². The number of hydrogen-bond acceptors (Lipinski definition) is 4. The maximum atomic E-state index is 13.5. The van der Waals surface area contributed by atoms with Crippen LogP contribution >= 0.6 is 0 Å². The van der Waals surface area contributed by atoms with Crippen LogP contribution in [0.2, 0.25) is 0 Å². The highest BCUT2D eigenvalue weighted by molar-refractivity contribution is 6.36. The van der Waals surface area contributed by atoms with E-state index in [1.54, 1.807) is 7.11 Å². The Morgan fingerprint density at radius 3 is 2.12 bits per heavy atom. The van der Waals surface area contributed by atoms with Crippen LogP contribution < -0.4 is 9.64 Å². The second-order valence-electron chi connectivity index (χ2n) is 7.84. The van der Waals surface area contributed by atoms with Crippen LogP contribution in [0.3, 0.4) is 0 Å². The van der Waals surface area contributed by atoms with E-state index in [2.05, 4.69) is 0 Å². The first-order valence-corrected chi connectivity index (χ1v) is 10.6. The number of para-hydroxylation sites is 1. The van der Waals surface area contributed by atoms with Gasteiger partial charge in [0.2, 0.25) is 0 Å². The Morgan fingerprint density at radius 2 is 1.50 bits per heavy atom. The van der Waals surface area contributed by atoms with Crippen molar-refractivity contribution in [2.75, 3.05) is 25.6 Å². The molecule has 5 nitrogen and oxygen atoms in total. The second-order valence-corrected chi connectivity index (χ2v) is 7.84. The highest BCUT2D eigenvalue weighted by atomic mass is 16.5. The molecule has 2 amide bonds. The molecular formula is C27H26N2O3. The van der Waals surface area contributed by atoms with Gasteiger partial charge in [0, 0.05) is 19.3 Å². The standard InChI is InChI=1S/C27H26N2O3/c1-19-9-13-21(14-10-19)24-25(28(2)22-7-5-4-6-8-22)27(31)29(26(24)30)18-17-20-11-15-23(32-3)16-12-20/h4-16H,17-18H2,1-3H3. The lowest BCUT2D eigenvalue weighted by Crippen LogP contribution is -2.35. The van der Waals surface area contributed by atoms with Crippen molar-refractivity contribution in [3.8, 4) is 5.75 Å². The van der Waals surface area contributed by atoms with E-state index in [0.29, 0.717) is 24.2 Å². The zero-order chi connectivity index (χ0) is 22.7. The monoisotopic (exact) mass is 426 g/mol. The number of carbonyl (C=O) groups excluding carboxylic acids is 2. The van der Waals surface area contributed by atoms with Gasteiger partial charge >= 0.3 is 0 Å². The third-order valence-corrected chi connectivity index (χ3v) is 5.75. The minimum absolute atomic E-state index is 0.259. The minimum Gasteiger partial charge on any atom is -0.497 e. The van der Waals surface area contributed by atoms with Gasteiger partial charge in [0.05, 0.1) is 12.7 Å². The molecule has 3 aromatic rings. The smallest absolute Gasteiger partial charge is 0.278 e. The summed E-state index contributed by atoms with van der Waals surface area (Å²) < 4.78 is 5.20. The van der Waals surface area contributed by atoms with E-state index in [9.17, 15) is 9.59 Å². The highest BCUT2D eigenvalue weighted by Gasteiger charge is 2.40. The number of imide groups is 1. The maximum absolute atomic E-state index is 13.5. The molecular weight excluding hydrogens is 400 g/mol. The highest BCUT2D eigenvalue weighted by Crippen LogP contribution is 2.33. The molecule has 0 fully saturated rings. The summed E-state index contributed by atoms with van der Waals surface area (Å²) in [6, 6.07) is 25.0. The molecule has 0 aliphatic carbocycles. The van der Waals surface area contributed by atoms with Crippen LogP contribution in [0.25, 0.3) is 5.57 Å². The first-order valence-electron chi connectivity index (χ1n) is 10.6. The molecule has 0 unspecified atom stereocenters. The summed E-state index contributed by atoms with van der Waals surface area (Å²) in [5.41, 5.74) is 4.58. The molecule has 32 heavy (non-hydrogen) atoms. The van der Waals surface area contributed by atoms with Crippen LogP contribution in [0.4, 0.5) is 5.69 Å². The largest absolute Gasteiger partial charge is 0.497 e. The molecule has 1 heterocycles. The molecule has 0 radical (unpaired) electrons. The van der Waals surface area contributed by atoms with E-state index in [1.807, 2.05) is 97.7 Å². The number of rotatable bonds is 7. The van der Waals surface area contributed by atoms with Crippen molar-refractivity contribution >= 4 is 23.1 Å². The van der Waals surface area contributed by atoms with Gasteiger partial charge in [-0.1, -0.05) is 60.2 Å². The molecule has 3 aromatic carbocycles. The second kappa shape index (κ2) is 9.10. The third-order valence-electron chi connectivity index (χ3n) is 5.75. The van der Waals surface area contributed by atoms with Crippen molar-refractivity contribution in [3.63, 3.8) is 0 Å². The summed E-state index contributed by atoms with van der Waals surface area (Å²) in [5.74, 6) is 0.243. The van der Waals surface area contributed by atoms with Crippen LogP contribution in [-0.4, -0.2) is 37.4 Å². The summed E-state index contributed by atoms with van der Waals surface area (Å²) in [5, 5.41) is 0. The van der Waals surface area contributed by atoms with Crippen molar-refractivity contribution in [2.45, 2.75) is 13.3 Å². The third kappa shape index (κ3) is 4.14. The fraction of sp³-hybridized carbons (Fsp3) is 0.185. The summed E-state index contributed by atoms with van der Waals surface area (Å²) >= 11 is 0. The molecule has 0 N–H and O–H groups in total. The quantitative estimate of drug-likeness (QED) is 0.524. The fourth-order valence-corrected chi connectivity index (χ4v) is 3.87. The Kier molecular flexibility index (Phi) is 6.08. The fourth-order valence-electron chi connectivity index (χ4n) is 3.87. The molecule has 4 rings (SSSR count). The zero-order valence-corrected chi connectivity index (χ0v) is 18.5. The van der Waals surface area contributed by atoms with Crippen LogP contribution in [0.5, 0.6) is 5.75 Å². The molecule has 0 atom stereocenters.